The molecule has 0 spiro atoms. The molecular weight excluding hydrogens is 556 g/mol. The molecule has 2 fully saturated rings. The molecule has 3 aliphatic heterocycles. The second-order valence-corrected chi connectivity index (χ2v) is 11.7. The van der Waals surface area contributed by atoms with Gasteiger partial charge in [0, 0.05) is 31.3 Å². The van der Waals surface area contributed by atoms with Gasteiger partial charge in [-0.1, -0.05) is 17.9 Å². The average Bonchev–Trinajstić information content (AvgIpc) is 3.38. The summed E-state index contributed by atoms with van der Waals surface area (Å²) >= 11 is 0. The van der Waals surface area contributed by atoms with E-state index in [1.54, 1.807) is 11.8 Å². The Hall–Kier alpha value is -5.16. The summed E-state index contributed by atoms with van der Waals surface area (Å²) in [7, 11) is 3.48. The summed E-state index contributed by atoms with van der Waals surface area (Å²) < 4.78 is 13.7. The third kappa shape index (κ3) is 3.92. The van der Waals surface area contributed by atoms with Gasteiger partial charge in [0.25, 0.3) is 0 Å². The summed E-state index contributed by atoms with van der Waals surface area (Å²) in [6, 6.07) is 14.1. The predicted octanol–water partition coefficient (Wildman–Crippen LogP) is 5.29. The van der Waals surface area contributed by atoms with Crippen LogP contribution in [0, 0.1) is 6.92 Å². The fourth-order valence-electron chi connectivity index (χ4n) is 7.11. The zero-order valence-corrected chi connectivity index (χ0v) is 24.6. The molecule has 3 aromatic heterocycles. The standard InChI is InChI=1S/C33H30N8O3/c1-5-30(42)33-15-20-11-19(12-21(16-33)41(20)33)23-7-8-24-31(36-23)32(35-17-34-24)37-26-10-18(2)28(14-29(26)43-4)44-22-6-9-27-25(13-22)38-39-40(27)3/h5-11,13-14,17,20-21H,1,12,15-16H2,2-4H3,(H,34,35,37). The second kappa shape index (κ2) is 9.68. The number of ether oxygens (including phenoxy) is 2. The van der Waals surface area contributed by atoms with E-state index in [1.165, 1.54) is 18.0 Å². The molecule has 0 saturated carbocycles. The lowest BCUT2D eigenvalue weighted by Crippen LogP contribution is -2.81. The van der Waals surface area contributed by atoms with E-state index < -0.39 is 0 Å². The van der Waals surface area contributed by atoms with Crippen molar-refractivity contribution in [1.29, 1.82) is 0 Å². The SMILES string of the molecule is C=CC(=O)C12CC3C=C(c4ccc5ncnc(Nc6cc(C)c(Oc7ccc8c(c7)nnn8C)cc6OC)c5n4)CC(C1)N32. The Balaban J connectivity index is 1.08. The first-order valence-corrected chi connectivity index (χ1v) is 14.6. The maximum absolute atomic E-state index is 12.5. The molecule has 0 radical (unpaired) electrons. The van der Waals surface area contributed by atoms with Crippen LogP contribution < -0.4 is 14.8 Å². The van der Waals surface area contributed by atoms with Crippen LogP contribution in [0.25, 0.3) is 27.6 Å². The second-order valence-electron chi connectivity index (χ2n) is 11.7. The molecule has 3 unspecified atom stereocenters. The first kappa shape index (κ1) is 26.5. The van der Waals surface area contributed by atoms with E-state index in [0.29, 0.717) is 34.6 Å². The molecule has 6 heterocycles. The van der Waals surface area contributed by atoms with Crippen LogP contribution in [0.4, 0.5) is 11.5 Å². The largest absolute Gasteiger partial charge is 0.494 e. The lowest BCUT2D eigenvalue weighted by molar-refractivity contribution is -0.189. The zero-order chi connectivity index (χ0) is 30.2. The molecule has 5 aromatic rings. The van der Waals surface area contributed by atoms with Crippen LogP contribution in [0.1, 0.15) is 30.5 Å². The van der Waals surface area contributed by atoms with Crippen molar-refractivity contribution in [2.45, 2.75) is 43.8 Å². The number of pyridine rings is 1. The van der Waals surface area contributed by atoms with E-state index in [4.69, 9.17) is 14.5 Å². The van der Waals surface area contributed by atoms with E-state index in [2.05, 4.69) is 43.2 Å². The highest BCUT2D eigenvalue weighted by atomic mass is 16.5. The van der Waals surface area contributed by atoms with Gasteiger partial charge in [0.1, 0.15) is 34.6 Å². The summed E-state index contributed by atoms with van der Waals surface area (Å²) in [4.78, 5) is 28.9. The molecule has 3 atom stereocenters. The Labute approximate surface area is 253 Å². The first-order chi connectivity index (χ1) is 21.4. The van der Waals surface area contributed by atoms with E-state index in [-0.39, 0.29) is 17.4 Å². The van der Waals surface area contributed by atoms with Crippen molar-refractivity contribution >= 4 is 44.9 Å². The Morgan fingerprint density at radius 1 is 1.11 bits per heavy atom. The third-order valence-electron chi connectivity index (χ3n) is 9.23. The van der Waals surface area contributed by atoms with Gasteiger partial charge in [0.05, 0.1) is 35.1 Å². The monoisotopic (exact) mass is 586 g/mol. The number of aryl methyl sites for hydroxylation is 2. The minimum Gasteiger partial charge on any atom is -0.494 e. The number of ketones is 1. The number of nitrogens with one attached hydrogen (secondary N) is 1. The molecule has 3 aliphatic rings. The first-order valence-electron chi connectivity index (χ1n) is 14.6. The van der Waals surface area contributed by atoms with Crippen molar-refractivity contribution < 1.29 is 14.3 Å². The Morgan fingerprint density at radius 2 is 2.00 bits per heavy atom. The molecule has 11 heteroatoms. The van der Waals surface area contributed by atoms with Crippen molar-refractivity contribution in [3.8, 4) is 17.2 Å². The molecule has 2 aromatic carbocycles. The summed E-state index contributed by atoms with van der Waals surface area (Å²) in [6.45, 7) is 5.69. The zero-order valence-electron chi connectivity index (χ0n) is 24.6. The van der Waals surface area contributed by atoms with Crippen LogP contribution in [0.15, 0.2) is 67.5 Å². The highest BCUT2D eigenvalue weighted by molar-refractivity contribution is 6.00. The van der Waals surface area contributed by atoms with E-state index in [1.807, 2.05) is 56.4 Å². The van der Waals surface area contributed by atoms with Gasteiger partial charge >= 0.3 is 0 Å². The van der Waals surface area contributed by atoms with E-state index >= 15 is 0 Å². The number of rotatable bonds is 8. The summed E-state index contributed by atoms with van der Waals surface area (Å²) in [6.07, 6.45) is 7.85. The van der Waals surface area contributed by atoms with E-state index in [9.17, 15) is 4.79 Å². The van der Waals surface area contributed by atoms with Gasteiger partial charge in [-0.2, -0.15) is 0 Å². The predicted molar refractivity (Wildman–Crippen MR) is 166 cm³/mol. The molecule has 0 bridgehead atoms. The van der Waals surface area contributed by atoms with Gasteiger partial charge in [-0.25, -0.2) is 19.6 Å². The van der Waals surface area contributed by atoms with Crippen LogP contribution in [-0.2, 0) is 11.8 Å². The van der Waals surface area contributed by atoms with Crippen LogP contribution in [0.2, 0.25) is 0 Å². The van der Waals surface area contributed by atoms with Gasteiger partial charge < -0.3 is 14.8 Å². The molecule has 44 heavy (non-hydrogen) atoms. The van der Waals surface area contributed by atoms with Gasteiger partial charge in [-0.15, -0.1) is 5.10 Å². The number of hydrogen-bond acceptors (Lipinski definition) is 10. The highest BCUT2D eigenvalue weighted by Crippen LogP contribution is 2.57. The van der Waals surface area contributed by atoms with Crippen molar-refractivity contribution in [3.05, 3.63) is 78.8 Å². The normalized spacial score (nSPS) is 22.0. The third-order valence-corrected chi connectivity index (χ3v) is 9.23. The van der Waals surface area contributed by atoms with Crippen molar-refractivity contribution in [1.82, 2.24) is 34.8 Å². The van der Waals surface area contributed by atoms with Crippen LogP contribution in [-0.4, -0.2) is 65.4 Å². The van der Waals surface area contributed by atoms with Crippen LogP contribution in [0.3, 0.4) is 0 Å². The van der Waals surface area contributed by atoms with E-state index in [0.717, 1.165) is 52.8 Å². The topological polar surface area (TPSA) is 120 Å². The number of hydrogen-bond donors (Lipinski definition) is 1. The highest BCUT2D eigenvalue weighted by Gasteiger charge is 2.66. The smallest absolute Gasteiger partial charge is 0.175 e. The van der Waals surface area contributed by atoms with Crippen molar-refractivity contribution in [2.75, 3.05) is 12.4 Å². The number of nitrogens with zero attached hydrogens (tertiary/aromatic N) is 7. The van der Waals surface area contributed by atoms with Crippen molar-refractivity contribution in [3.63, 3.8) is 0 Å². The minimum atomic E-state index is -0.317. The molecule has 11 nitrogen and oxygen atoms in total. The number of benzene rings is 2. The molecule has 220 valence electrons. The summed E-state index contributed by atoms with van der Waals surface area (Å²) in [5.41, 5.74) is 6.51. The molecule has 1 N–H and O–H groups in total. The number of piperidine rings is 1. The maximum atomic E-state index is 12.5. The quantitative estimate of drug-likeness (QED) is 0.240. The average molecular weight is 587 g/mol. The lowest BCUT2D eigenvalue weighted by atomic mass is 9.59. The van der Waals surface area contributed by atoms with Gasteiger partial charge in [-0.05, 0) is 73.7 Å². The van der Waals surface area contributed by atoms with Crippen molar-refractivity contribution in [2.24, 2.45) is 7.05 Å². The number of aromatic nitrogens is 6. The number of carbonyl (C=O) groups is 1. The maximum Gasteiger partial charge on any atom is 0.175 e. The molecular formula is C33H30N8O3. The Kier molecular flexibility index (Phi) is 5.82. The molecule has 8 rings (SSSR count). The van der Waals surface area contributed by atoms with Gasteiger partial charge in [0.15, 0.2) is 11.6 Å². The van der Waals surface area contributed by atoms with Crippen LogP contribution >= 0.6 is 0 Å². The Bertz CT molecular complexity index is 2050. The minimum absolute atomic E-state index is 0.146. The number of anilines is 2. The fraction of sp³-hybridized carbons (Fsp3) is 0.273. The molecule has 2 saturated heterocycles. The number of carbonyl (C=O) groups excluding carboxylic acids is 1. The Morgan fingerprint density at radius 3 is 2.82 bits per heavy atom. The number of methoxy groups -OCH3 is 1. The van der Waals surface area contributed by atoms with Gasteiger partial charge in [-0.3, -0.25) is 9.69 Å². The molecule has 0 aliphatic carbocycles. The summed E-state index contributed by atoms with van der Waals surface area (Å²) in [5, 5.41) is 11.7. The van der Waals surface area contributed by atoms with Crippen LogP contribution in [0.5, 0.6) is 17.2 Å². The number of fused-ring (bicyclic) bond motifs is 2. The summed E-state index contributed by atoms with van der Waals surface area (Å²) in [5.74, 6) is 2.64. The fourth-order valence-corrected chi connectivity index (χ4v) is 7.11. The molecule has 0 amide bonds. The lowest BCUT2D eigenvalue weighted by Gasteiger charge is -2.70. The van der Waals surface area contributed by atoms with Gasteiger partial charge in [0.2, 0.25) is 0 Å².